The van der Waals surface area contributed by atoms with Gasteiger partial charge >= 0.3 is 6.09 Å². The molecular formula is C28H34ClN7O3. The van der Waals surface area contributed by atoms with Crippen molar-refractivity contribution in [2.75, 3.05) is 24.5 Å². The predicted molar refractivity (Wildman–Crippen MR) is 152 cm³/mol. The standard InChI is InChI=1S/C28H34ClN7O3/c1-7-18-15-35(12-13-36(18)27(37)39-28(3,4)5)19-8-10-20(11-9-19)38-24-22(29)14-30-26-23(24)31-25(32-26)21-16-34(6)33-17(21)2/h8-11,14,16,18H,7,12-13,15H2,1-6H3,(H,30,31,32)/t18-/m0/s1. The summed E-state index contributed by atoms with van der Waals surface area (Å²) in [6, 6.07) is 7.96. The summed E-state index contributed by atoms with van der Waals surface area (Å²) in [6.45, 7) is 11.8. The number of anilines is 1. The molecule has 3 aromatic heterocycles. The molecule has 0 spiro atoms. The summed E-state index contributed by atoms with van der Waals surface area (Å²) in [5.41, 5.74) is 3.43. The van der Waals surface area contributed by atoms with Crippen LogP contribution in [-0.2, 0) is 11.8 Å². The van der Waals surface area contributed by atoms with Gasteiger partial charge in [-0.15, -0.1) is 0 Å². The molecule has 1 amide bonds. The number of halogens is 1. The van der Waals surface area contributed by atoms with Crippen LogP contribution in [0, 0.1) is 6.92 Å². The maximum atomic E-state index is 12.7. The van der Waals surface area contributed by atoms with Crippen molar-refractivity contribution in [2.24, 2.45) is 7.05 Å². The van der Waals surface area contributed by atoms with E-state index in [1.54, 1.807) is 10.9 Å². The zero-order chi connectivity index (χ0) is 27.9. The van der Waals surface area contributed by atoms with E-state index in [0.29, 0.717) is 40.1 Å². The zero-order valence-electron chi connectivity index (χ0n) is 23.2. The van der Waals surface area contributed by atoms with E-state index in [-0.39, 0.29) is 12.1 Å². The van der Waals surface area contributed by atoms with E-state index in [0.717, 1.165) is 36.5 Å². The number of carbonyl (C=O) groups is 1. The molecule has 1 aliphatic heterocycles. The van der Waals surface area contributed by atoms with Gasteiger partial charge in [-0.1, -0.05) is 18.5 Å². The van der Waals surface area contributed by atoms with Gasteiger partial charge in [-0.05, 0) is 58.4 Å². The van der Waals surface area contributed by atoms with Crippen LogP contribution in [-0.4, -0.2) is 67.0 Å². The number of amides is 1. The first-order valence-corrected chi connectivity index (χ1v) is 13.5. The van der Waals surface area contributed by atoms with E-state index in [1.807, 2.05) is 70.1 Å². The number of aromatic nitrogens is 5. The van der Waals surface area contributed by atoms with Crippen LogP contribution in [0.25, 0.3) is 22.6 Å². The molecule has 0 unspecified atom stereocenters. The van der Waals surface area contributed by atoms with Crippen LogP contribution in [0.4, 0.5) is 10.5 Å². The molecule has 1 aromatic carbocycles. The Morgan fingerprint density at radius 3 is 2.59 bits per heavy atom. The van der Waals surface area contributed by atoms with Gasteiger partial charge in [0.05, 0.1) is 23.5 Å². The number of hydrogen-bond acceptors (Lipinski definition) is 7. The number of H-pyrrole nitrogens is 1. The lowest BCUT2D eigenvalue weighted by Gasteiger charge is -2.42. The molecular weight excluding hydrogens is 518 g/mol. The number of aryl methyl sites for hydroxylation is 2. The highest BCUT2D eigenvalue weighted by atomic mass is 35.5. The molecule has 5 rings (SSSR count). The summed E-state index contributed by atoms with van der Waals surface area (Å²) < 4.78 is 13.6. The van der Waals surface area contributed by atoms with E-state index in [9.17, 15) is 4.79 Å². The van der Waals surface area contributed by atoms with Crippen LogP contribution in [0.15, 0.2) is 36.7 Å². The number of ether oxygens (including phenoxy) is 2. The van der Waals surface area contributed by atoms with E-state index < -0.39 is 5.60 Å². The number of rotatable bonds is 5. The smallest absolute Gasteiger partial charge is 0.410 e. The monoisotopic (exact) mass is 551 g/mol. The molecule has 1 saturated heterocycles. The van der Waals surface area contributed by atoms with Gasteiger partial charge in [0.25, 0.3) is 0 Å². The van der Waals surface area contributed by atoms with Gasteiger partial charge in [0.2, 0.25) is 0 Å². The van der Waals surface area contributed by atoms with Gasteiger partial charge in [-0.3, -0.25) is 4.68 Å². The van der Waals surface area contributed by atoms with Gasteiger partial charge in [0.15, 0.2) is 11.4 Å². The zero-order valence-corrected chi connectivity index (χ0v) is 23.9. The van der Waals surface area contributed by atoms with Crippen LogP contribution in [0.5, 0.6) is 11.5 Å². The predicted octanol–water partition coefficient (Wildman–Crippen LogP) is 5.95. The van der Waals surface area contributed by atoms with Crippen molar-refractivity contribution in [2.45, 2.75) is 52.7 Å². The molecule has 1 N–H and O–H groups in total. The van der Waals surface area contributed by atoms with E-state index in [2.05, 4.69) is 31.9 Å². The number of nitrogens with zero attached hydrogens (tertiary/aromatic N) is 6. The maximum Gasteiger partial charge on any atom is 0.410 e. The summed E-state index contributed by atoms with van der Waals surface area (Å²) in [6.07, 6.45) is 4.05. The van der Waals surface area contributed by atoms with Gasteiger partial charge in [-0.2, -0.15) is 5.10 Å². The van der Waals surface area contributed by atoms with E-state index >= 15 is 0 Å². The van der Waals surface area contributed by atoms with Crippen molar-refractivity contribution >= 4 is 34.5 Å². The molecule has 39 heavy (non-hydrogen) atoms. The first-order valence-electron chi connectivity index (χ1n) is 13.1. The average Bonchev–Trinajstić information content (AvgIpc) is 3.47. The number of fused-ring (bicyclic) bond motifs is 1. The third-order valence-electron chi connectivity index (χ3n) is 6.70. The second kappa shape index (κ2) is 10.4. The first kappa shape index (κ1) is 26.8. The molecule has 0 saturated carbocycles. The van der Waals surface area contributed by atoms with Gasteiger partial charge < -0.3 is 24.3 Å². The minimum Gasteiger partial charge on any atom is -0.453 e. The minimum atomic E-state index is -0.513. The Morgan fingerprint density at radius 2 is 1.95 bits per heavy atom. The summed E-state index contributed by atoms with van der Waals surface area (Å²) in [5, 5.41) is 4.78. The van der Waals surface area contributed by atoms with Crippen LogP contribution in [0.1, 0.15) is 39.8 Å². The van der Waals surface area contributed by atoms with Crippen molar-refractivity contribution in [3.8, 4) is 22.9 Å². The molecule has 10 nitrogen and oxygen atoms in total. The Balaban J connectivity index is 1.32. The van der Waals surface area contributed by atoms with Crippen LogP contribution < -0.4 is 9.64 Å². The molecule has 4 heterocycles. The van der Waals surface area contributed by atoms with Crippen molar-refractivity contribution in [1.29, 1.82) is 0 Å². The second-order valence-corrected chi connectivity index (χ2v) is 11.2. The van der Waals surface area contributed by atoms with Crippen molar-refractivity contribution < 1.29 is 14.3 Å². The lowest BCUT2D eigenvalue weighted by molar-refractivity contribution is 0.0136. The van der Waals surface area contributed by atoms with Crippen molar-refractivity contribution in [3.05, 3.63) is 47.4 Å². The third-order valence-corrected chi connectivity index (χ3v) is 6.97. The molecule has 0 radical (unpaired) electrons. The Bertz CT molecular complexity index is 1490. The number of pyridine rings is 1. The summed E-state index contributed by atoms with van der Waals surface area (Å²) in [7, 11) is 1.87. The van der Waals surface area contributed by atoms with Gasteiger partial charge in [0, 0.05) is 38.6 Å². The Hall–Kier alpha value is -3.79. The van der Waals surface area contributed by atoms with Crippen LogP contribution in [0.2, 0.25) is 5.02 Å². The lowest BCUT2D eigenvalue weighted by Crippen LogP contribution is -2.56. The number of benzene rings is 1. The first-order chi connectivity index (χ1) is 18.5. The fourth-order valence-electron chi connectivity index (χ4n) is 4.81. The van der Waals surface area contributed by atoms with E-state index in [4.69, 9.17) is 21.1 Å². The number of imidazole rings is 1. The highest BCUT2D eigenvalue weighted by molar-refractivity contribution is 6.32. The Morgan fingerprint density at radius 1 is 1.21 bits per heavy atom. The average molecular weight is 552 g/mol. The third kappa shape index (κ3) is 5.66. The SMILES string of the molecule is CC[C@H]1CN(c2ccc(Oc3c(Cl)cnc4nc(-c5cn(C)nc5C)[nH]c34)cc2)CCN1C(=O)OC(C)(C)C. The normalized spacial score (nSPS) is 16.1. The fourth-order valence-corrected chi connectivity index (χ4v) is 5.00. The van der Waals surface area contributed by atoms with Crippen LogP contribution >= 0.6 is 11.6 Å². The summed E-state index contributed by atoms with van der Waals surface area (Å²) in [4.78, 5) is 29.1. The molecule has 0 bridgehead atoms. The second-order valence-electron chi connectivity index (χ2n) is 10.8. The van der Waals surface area contributed by atoms with Crippen molar-refractivity contribution in [3.63, 3.8) is 0 Å². The number of piperazine rings is 1. The molecule has 1 fully saturated rings. The quantitative estimate of drug-likeness (QED) is 0.327. The van der Waals surface area contributed by atoms with Crippen LogP contribution in [0.3, 0.4) is 0 Å². The number of aromatic amines is 1. The highest BCUT2D eigenvalue weighted by Crippen LogP contribution is 2.36. The molecule has 1 aliphatic rings. The molecule has 11 heteroatoms. The van der Waals surface area contributed by atoms with E-state index in [1.165, 1.54) is 0 Å². The number of hydrogen-bond donors (Lipinski definition) is 1. The summed E-state index contributed by atoms with van der Waals surface area (Å²) >= 11 is 6.51. The topological polar surface area (TPSA) is 101 Å². The number of nitrogens with one attached hydrogen (secondary N) is 1. The highest BCUT2D eigenvalue weighted by Gasteiger charge is 2.32. The summed E-state index contributed by atoms with van der Waals surface area (Å²) in [5.74, 6) is 1.76. The van der Waals surface area contributed by atoms with Crippen molar-refractivity contribution in [1.82, 2.24) is 29.6 Å². The molecule has 0 aliphatic carbocycles. The maximum absolute atomic E-state index is 12.7. The number of carbonyl (C=O) groups excluding carboxylic acids is 1. The van der Waals surface area contributed by atoms with Gasteiger partial charge in [0.1, 0.15) is 27.7 Å². The largest absolute Gasteiger partial charge is 0.453 e. The molecule has 1 atom stereocenters. The van der Waals surface area contributed by atoms with Gasteiger partial charge in [-0.25, -0.2) is 14.8 Å². The fraction of sp³-hybridized carbons (Fsp3) is 0.429. The Labute approximate surface area is 232 Å². The molecule has 206 valence electrons. The Kier molecular flexibility index (Phi) is 7.15. The minimum absolute atomic E-state index is 0.0754. The lowest BCUT2D eigenvalue weighted by atomic mass is 10.1. The molecule has 4 aromatic rings.